The SMILES string of the molecule is CC(O)CCCn1cc(C(F)(F)F)ccc1=O. The maximum absolute atomic E-state index is 12.4. The van der Waals surface area contributed by atoms with Crippen LogP contribution in [0.25, 0.3) is 0 Å². The minimum absolute atomic E-state index is 0.174. The van der Waals surface area contributed by atoms with E-state index in [1.165, 1.54) is 0 Å². The van der Waals surface area contributed by atoms with Crippen LogP contribution in [0.1, 0.15) is 25.3 Å². The van der Waals surface area contributed by atoms with Gasteiger partial charge < -0.3 is 9.67 Å². The van der Waals surface area contributed by atoms with Crippen molar-refractivity contribution >= 4 is 0 Å². The molecule has 1 rings (SSSR count). The molecular formula is C11H14F3NO2. The Morgan fingerprint density at radius 1 is 1.41 bits per heavy atom. The van der Waals surface area contributed by atoms with Gasteiger partial charge in [-0.25, -0.2) is 0 Å². The van der Waals surface area contributed by atoms with Crippen LogP contribution >= 0.6 is 0 Å². The molecule has 96 valence electrons. The molecule has 0 saturated heterocycles. The fourth-order valence-corrected chi connectivity index (χ4v) is 1.43. The van der Waals surface area contributed by atoms with Crippen molar-refractivity contribution in [1.82, 2.24) is 4.57 Å². The highest BCUT2D eigenvalue weighted by Gasteiger charge is 2.30. The molecule has 0 spiro atoms. The van der Waals surface area contributed by atoms with Crippen LogP contribution in [0.5, 0.6) is 0 Å². The first-order valence-corrected chi connectivity index (χ1v) is 5.26. The Bertz CT molecular complexity index is 423. The molecule has 1 aromatic rings. The second kappa shape index (κ2) is 5.35. The number of hydrogen-bond donors (Lipinski definition) is 1. The van der Waals surface area contributed by atoms with Crippen LogP contribution < -0.4 is 5.56 Å². The molecule has 0 aromatic carbocycles. The molecule has 1 heterocycles. The summed E-state index contributed by atoms with van der Waals surface area (Å²) in [5.74, 6) is 0. The molecule has 1 atom stereocenters. The molecule has 0 aliphatic rings. The normalized spacial score (nSPS) is 13.7. The van der Waals surface area contributed by atoms with Gasteiger partial charge in [-0.05, 0) is 25.8 Å². The van der Waals surface area contributed by atoms with Crippen LogP contribution in [0.15, 0.2) is 23.1 Å². The number of halogens is 3. The predicted octanol–water partition coefficient (Wildman–Crippen LogP) is 2.03. The maximum Gasteiger partial charge on any atom is 0.417 e. The molecule has 0 bridgehead atoms. The van der Waals surface area contributed by atoms with Gasteiger partial charge in [0.05, 0.1) is 11.7 Å². The molecule has 0 aliphatic heterocycles. The van der Waals surface area contributed by atoms with E-state index >= 15 is 0 Å². The lowest BCUT2D eigenvalue weighted by molar-refractivity contribution is -0.138. The summed E-state index contributed by atoms with van der Waals surface area (Å²) in [5, 5.41) is 9.02. The third-order valence-electron chi connectivity index (χ3n) is 2.33. The molecule has 17 heavy (non-hydrogen) atoms. The van der Waals surface area contributed by atoms with Gasteiger partial charge >= 0.3 is 6.18 Å². The van der Waals surface area contributed by atoms with Crippen molar-refractivity contribution in [3.8, 4) is 0 Å². The van der Waals surface area contributed by atoms with E-state index in [-0.39, 0.29) is 6.54 Å². The highest BCUT2D eigenvalue weighted by Crippen LogP contribution is 2.28. The highest BCUT2D eigenvalue weighted by atomic mass is 19.4. The summed E-state index contributed by atoms with van der Waals surface area (Å²) in [6, 6.07) is 1.68. The number of alkyl halides is 3. The number of aromatic nitrogens is 1. The van der Waals surface area contributed by atoms with Crippen molar-refractivity contribution in [3.05, 3.63) is 34.2 Å². The van der Waals surface area contributed by atoms with Crippen molar-refractivity contribution in [2.75, 3.05) is 0 Å². The van der Waals surface area contributed by atoms with E-state index < -0.39 is 23.4 Å². The molecule has 0 saturated carbocycles. The highest BCUT2D eigenvalue weighted by molar-refractivity contribution is 5.13. The van der Waals surface area contributed by atoms with E-state index in [1.54, 1.807) is 6.92 Å². The Balaban J connectivity index is 2.81. The topological polar surface area (TPSA) is 42.2 Å². The second-order valence-corrected chi connectivity index (χ2v) is 3.94. The van der Waals surface area contributed by atoms with Gasteiger partial charge in [-0.1, -0.05) is 0 Å². The lowest BCUT2D eigenvalue weighted by atomic mass is 10.2. The first-order valence-electron chi connectivity index (χ1n) is 5.26. The summed E-state index contributed by atoms with van der Waals surface area (Å²) in [5.41, 5.74) is -1.31. The van der Waals surface area contributed by atoms with E-state index in [1.807, 2.05) is 0 Å². The van der Waals surface area contributed by atoms with E-state index in [4.69, 9.17) is 5.11 Å². The summed E-state index contributed by atoms with van der Waals surface area (Å²) in [6.07, 6.45) is -3.25. The third-order valence-corrected chi connectivity index (χ3v) is 2.33. The standard InChI is InChI=1S/C11H14F3NO2/c1-8(16)3-2-6-15-7-9(11(12,13)14)4-5-10(15)17/h4-5,7-8,16H,2-3,6H2,1H3. The fraction of sp³-hybridized carbons (Fsp3) is 0.545. The van der Waals surface area contributed by atoms with Gasteiger partial charge in [0, 0.05) is 18.8 Å². The molecule has 0 fully saturated rings. The summed E-state index contributed by atoms with van der Waals surface area (Å²) < 4.78 is 38.2. The lowest BCUT2D eigenvalue weighted by Crippen LogP contribution is -2.21. The predicted molar refractivity (Wildman–Crippen MR) is 56.6 cm³/mol. The summed E-state index contributed by atoms with van der Waals surface area (Å²) in [6.45, 7) is 1.77. The van der Waals surface area contributed by atoms with Crippen LogP contribution in [-0.4, -0.2) is 15.8 Å². The van der Waals surface area contributed by atoms with Crippen molar-refractivity contribution in [1.29, 1.82) is 0 Å². The Labute approximate surface area is 96.5 Å². The quantitative estimate of drug-likeness (QED) is 0.887. The van der Waals surface area contributed by atoms with E-state index in [9.17, 15) is 18.0 Å². The summed E-state index contributed by atoms with van der Waals surface area (Å²) in [7, 11) is 0. The smallest absolute Gasteiger partial charge is 0.393 e. The number of pyridine rings is 1. The Hall–Kier alpha value is -1.30. The minimum atomic E-state index is -4.44. The van der Waals surface area contributed by atoms with Crippen LogP contribution in [0.2, 0.25) is 0 Å². The number of aliphatic hydroxyl groups excluding tert-OH is 1. The Kier molecular flexibility index (Phi) is 4.34. The van der Waals surface area contributed by atoms with Crippen molar-refractivity contribution in [2.24, 2.45) is 0 Å². The van der Waals surface area contributed by atoms with Gasteiger partial charge in [0.25, 0.3) is 5.56 Å². The Morgan fingerprint density at radius 3 is 2.59 bits per heavy atom. The van der Waals surface area contributed by atoms with Gasteiger partial charge in [0.15, 0.2) is 0 Å². The molecule has 1 aromatic heterocycles. The third kappa shape index (κ3) is 4.22. The second-order valence-electron chi connectivity index (χ2n) is 3.94. The van der Waals surface area contributed by atoms with Gasteiger partial charge in [-0.15, -0.1) is 0 Å². The average Bonchev–Trinajstić information content (AvgIpc) is 2.18. The van der Waals surface area contributed by atoms with Crippen LogP contribution in [0, 0.1) is 0 Å². The van der Waals surface area contributed by atoms with Gasteiger partial charge in [0.2, 0.25) is 0 Å². The van der Waals surface area contributed by atoms with E-state index in [0.29, 0.717) is 12.8 Å². The van der Waals surface area contributed by atoms with E-state index in [0.717, 1.165) is 22.9 Å². The number of nitrogens with zero attached hydrogens (tertiary/aromatic N) is 1. The maximum atomic E-state index is 12.4. The van der Waals surface area contributed by atoms with Crippen molar-refractivity contribution < 1.29 is 18.3 Å². The molecule has 0 aliphatic carbocycles. The van der Waals surface area contributed by atoms with Crippen LogP contribution in [0.4, 0.5) is 13.2 Å². The van der Waals surface area contributed by atoms with E-state index in [2.05, 4.69) is 0 Å². The van der Waals surface area contributed by atoms with Crippen LogP contribution in [0.3, 0.4) is 0 Å². The minimum Gasteiger partial charge on any atom is -0.393 e. The molecule has 1 unspecified atom stereocenters. The summed E-state index contributed by atoms with van der Waals surface area (Å²) in [4.78, 5) is 11.3. The van der Waals surface area contributed by atoms with Gasteiger partial charge in [0.1, 0.15) is 0 Å². The molecule has 3 nitrogen and oxygen atoms in total. The van der Waals surface area contributed by atoms with Crippen LogP contribution in [-0.2, 0) is 12.7 Å². The summed E-state index contributed by atoms with van der Waals surface area (Å²) >= 11 is 0. The van der Waals surface area contributed by atoms with Crippen molar-refractivity contribution in [2.45, 2.75) is 38.6 Å². The lowest BCUT2D eigenvalue weighted by Gasteiger charge is -2.11. The first kappa shape index (κ1) is 13.8. The number of rotatable bonds is 4. The Morgan fingerprint density at radius 2 is 2.06 bits per heavy atom. The zero-order valence-electron chi connectivity index (χ0n) is 9.37. The largest absolute Gasteiger partial charge is 0.417 e. The monoisotopic (exact) mass is 249 g/mol. The van der Waals surface area contributed by atoms with Crippen molar-refractivity contribution in [3.63, 3.8) is 0 Å². The van der Waals surface area contributed by atoms with Gasteiger partial charge in [-0.3, -0.25) is 4.79 Å². The molecule has 0 radical (unpaired) electrons. The molecule has 0 amide bonds. The number of aliphatic hydroxyl groups is 1. The fourth-order valence-electron chi connectivity index (χ4n) is 1.43. The number of hydrogen-bond acceptors (Lipinski definition) is 2. The van der Waals surface area contributed by atoms with Gasteiger partial charge in [-0.2, -0.15) is 13.2 Å². The first-order chi connectivity index (χ1) is 7.80. The number of aryl methyl sites for hydroxylation is 1. The molecule has 1 N–H and O–H groups in total. The average molecular weight is 249 g/mol. The zero-order chi connectivity index (χ0) is 13.1. The molecular weight excluding hydrogens is 235 g/mol. The molecule has 6 heteroatoms. The zero-order valence-corrected chi connectivity index (χ0v) is 9.37.